The normalized spacial score (nSPS) is 17.0. The summed E-state index contributed by atoms with van der Waals surface area (Å²) < 4.78 is 0. The average molecular weight is 423 g/mol. The van der Waals surface area contributed by atoms with E-state index in [-0.39, 0.29) is 0 Å². The average Bonchev–Trinajstić information content (AvgIpc) is 3.10. The van der Waals surface area contributed by atoms with Crippen molar-refractivity contribution >= 4 is 29.4 Å². The minimum absolute atomic E-state index is 0.420. The summed E-state index contributed by atoms with van der Waals surface area (Å²) in [4.78, 5) is 1.61. The van der Waals surface area contributed by atoms with Crippen LogP contribution in [0.3, 0.4) is 0 Å². The zero-order valence-electron chi connectivity index (χ0n) is 16.0. The molecule has 3 aromatic rings. The smallest absolute Gasteiger partial charge is 0.140 e. The lowest BCUT2D eigenvalue weighted by Gasteiger charge is -2.34. The van der Waals surface area contributed by atoms with Gasteiger partial charge in [0.15, 0.2) is 0 Å². The van der Waals surface area contributed by atoms with Gasteiger partial charge in [0.2, 0.25) is 0 Å². The van der Waals surface area contributed by atoms with E-state index in [4.69, 9.17) is 23.2 Å². The fourth-order valence-corrected chi connectivity index (χ4v) is 4.83. The van der Waals surface area contributed by atoms with Crippen molar-refractivity contribution in [2.45, 2.75) is 6.04 Å². The molecular weight excluding hydrogens is 401 g/mol. The summed E-state index contributed by atoms with van der Waals surface area (Å²) in [7, 11) is 0. The Balaban J connectivity index is 1.31. The molecule has 1 aliphatic heterocycles. The molecule has 1 N–H and O–H groups in total. The first kappa shape index (κ1) is 18.7. The highest BCUT2D eigenvalue weighted by atomic mass is 35.5. The first-order valence-corrected chi connectivity index (χ1v) is 10.7. The van der Waals surface area contributed by atoms with Gasteiger partial charge < -0.3 is 4.90 Å². The molecule has 3 nitrogen and oxygen atoms in total. The lowest BCUT2D eigenvalue weighted by atomic mass is 10.0. The van der Waals surface area contributed by atoms with Gasteiger partial charge in [-0.1, -0.05) is 77.8 Å². The molecule has 3 aromatic carbocycles. The van der Waals surface area contributed by atoms with Crippen molar-refractivity contribution in [2.75, 3.05) is 26.2 Å². The zero-order chi connectivity index (χ0) is 19.8. The van der Waals surface area contributed by atoms with Gasteiger partial charge in [-0.05, 0) is 28.8 Å². The van der Waals surface area contributed by atoms with Gasteiger partial charge in [-0.2, -0.15) is 5.10 Å². The van der Waals surface area contributed by atoms with E-state index in [0.717, 1.165) is 31.7 Å². The van der Waals surface area contributed by atoms with Gasteiger partial charge in [0.25, 0.3) is 0 Å². The van der Waals surface area contributed by atoms with Crippen LogP contribution in [0.5, 0.6) is 0 Å². The van der Waals surface area contributed by atoms with Crippen LogP contribution in [0.25, 0.3) is 11.1 Å². The molecule has 1 saturated heterocycles. The van der Waals surface area contributed by atoms with Gasteiger partial charge in [0.1, 0.15) is 6.04 Å². The number of nitrogens with zero attached hydrogens (tertiary/aromatic N) is 2. The highest BCUT2D eigenvalue weighted by Gasteiger charge is 2.37. The van der Waals surface area contributed by atoms with E-state index < -0.39 is 0 Å². The van der Waals surface area contributed by atoms with E-state index in [0.29, 0.717) is 16.1 Å². The van der Waals surface area contributed by atoms with Gasteiger partial charge in [0.05, 0.1) is 42.4 Å². The first-order chi connectivity index (χ1) is 14.2. The minimum atomic E-state index is 0.420. The molecule has 1 fully saturated rings. The lowest BCUT2D eigenvalue weighted by Crippen LogP contribution is -3.14. The highest BCUT2D eigenvalue weighted by molar-refractivity contribution is 6.42. The number of halogens is 2. The second-order valence-electron chi connectivity index (χ2n) is 7.64. The van der Waals surface area contributed by atoms with Crippen LogP contribution in [-0.2, 0) is 0 Å². The summed E-state index contributed by atoms with van der Waals surface area (Å²) in [6, 6.07) is 23.7. The number of quaternary nitrogens is 1. The quantitative estimate of drug-likeness (QED) is 0.623. The van der Waals surface area contributed by atoms with Crippen LogP contribution in [0.2, 0.25) is 10.0 Å². The Morgan fingerprint density at radius 2 is 1.45 bits per heavy atom. The Morgan fingerprint density at radius 1 is 0.828 bits per heavy atom. The fourth-order valence-electron chi connectivity index (χ4n) is 4.52. The highest BCUT2D eigenvalue weighted by Crippen LogP contribution is 2.41. The first-order valence-electron chi connectivity index (χ1n) is 9.97. The SMILES string of the molecule is Clc1ccc(/C=N/N2CC[NH+](C3c4ccccc4-c4ccccc43)CC2)cc1Cl. The number of hydrogen-bond donors (Lipinski definition) is 1. The standard InChI is InChI=1S/C24H21Cl2N3/c25-22-10-9-17(15-23(22)26)16-27-29-13-11-28(12-14-29)24-20-7-3-1-5-18(20)19-6-2-4-8-21(19)24/h1-10,15-16,24H,11-14H2/p+1/b27-16+. The molecular formula is C24H22Cl2N3+. The Labute approximate surface area is 181 Å². The summed E-state index contributed by atoms with van der Waals surface area (Å²) >= 11 is 12.1. The summed E-state index contributed by atoms with van der Waals surface area (Å²) in [5.41, 5.74) is 6.65. The summed E-state index contributed by atoms with van der Waals surface area (Å²) in [5, 5.41) is 7.95. The van der Waals surface area contributed by atoms with Crippen LogP contribution in [-0.4, -0.2) is 37.4 Å². The van der Waals surface area contributed by atoms with Crippen LogP contribution >= 0.6 is 23.2 Å². The van der Waals surface area contributed by atoms with Crippen molar-refractivity contribution in [1.29, 1.82) is 0 Å². The van der Waals surface area contributed by atoms with Crippen molar-refractivity contribution in [2.24, 2.45) is 5.10 Å². The van der Waals surface area contributed by atoms with Crippen LogP contribution in [0.1, 0.15) is 22.7 Å². The molecule has 0 radical (unpaired) electrons. The molecule has 29 heavy (non-hydrogen) atoms. The molecule has 0 saturated carbocycles. The van der Waals surface area contributed by atoms with Crippen LogP contribution in [0.15, 0.2) is 71.8 Å². The monoisotopic (exact) mass is 422 g/mol. The third-order valence-corrected chi connectivity index (χ3v) is 6.68. The van der Waals surface area contributed by atoms with E-state index >= 15 is 0 Å². The molecule has 0 unspecified atom stereocenters. The molecule has 1 heterocycles. The summed E-state index contributed by atoms with van der Waals surface area (Å²) in [5.74, 6) is 0. The molecule has 0 atom stereocenters. The zero-order valence-corrected chi connectivity index (χ0v) is 17.5. The molecule has 0 aromatic heterocycles. The van der Waals surface area contributed by atoms with E-state index in [9.17, 15) is 0 Å². The van der Waals surface area contributed by atoms with Gasteiger partial charge in [0, 0.05) is 11.1 Å². The Hall–Kier alpha value is -2.33. The number of benzene rings is 3. The number of hydrazone groups is 1. The van der Waals surface area contributed by atoms with Crippen LogP contribution in [0, 0.1) is 0 Å². The molecule has 5 heteroatoms. The Kier molecular flexibility index (Phi) is 5.04. The van der Waals surface area contributed by atoms with Crippen LogP contribution in [0.4, 0.5) is 0 Å². The van der Waals surface area contributed by atoms with E-state index in [2.05, 4.69) is 58.6 Å². The lowest BCUT2D eigenvalue weighted by molar-refractivity contribution is -0.929. The van der Waals surface area contributed by atoms with Gasteiger partial charge >= 0.3 is 0 Å². The van der Waals surface area contributed by atoms with Crippen LogP contribution < -0.4 is 4.90 Å². The molecule has 5 rings (SSSR count). The van der Waals surface area contributed by atoms with E-state index in [1.54, 1.807) is 4.90 Å². The number of piperazine rings is 1. The minimum Gasteiger partial charge on any atom is -0.322 e. The fraction of sp³-hybridized carbons (Fsp3) is 0.208. The Bertz CT molecular complexity index is 1030. The van der Waals surface area contributed by atoms with E-state index in [1.165, 1.54) is 22.3 Å². The second-order valence-corrected chi connectivity index (χ2v) is 8.45. The molecule has 0 amide bonds. The second kappa shape index (κ2) is 7.83. The summed E-state index contributed by atoms with van der Waals surface area (Å²) in [6.45, 7) is 4.00. The van der Waals surface area contributed by atoms with Crippen molar-refractivity contribution in [3.05, 3.63) is 93.5 Å². The maximum absolute atomic E-state index is 6.10. The number of rotatable bonds is 3. The maximum atomic E-state index is 6.10. The number of hydrogen-bond acceptors (Lipinski definition) is 2. The van der Waals surface area contributed by atoms with Gasteiger partial charge in [-0.3, -0.25) is 5.01 Å². The number of nitrogens with one attached hydrogen (secondary N) is 1. The maximum Gasteiger partial charge on any atom is 0.140 e. The van der Waals surface area contributed by atoms with Crippen molar-refractivity contribution in [3.8, 4) is 11.1 Å². The van der Waals surface area contributed by atoms with Gasteiger partial charge in [-0.25, -0.2) is 0 Å². The van der Waals surface area contributed by atoms with E-state index in [1.807, 2.05) is 24.4 Å². The third-order valence-electron chi connectivity index (χ3n) is 5.94. The Morgan fingerprint density at radius 3 is 2.07 bits per heavy atom. The predicted molar refractivity (Wildman–Crippen MR) is 120 cm³/mol. The third kappa shape index (κ3) is 3.55. The van der Waals surface area contributed by atoms with Gasteiger partial charge in [-0.15, -0.1) is 0 Å². The molecule has 146 valence electrons. The molecule has 0 spiro atoms. The van der Waals surface area contributed by atoms with Crippen molar-refractivity contribution < 1.29 is 4.90 Å². The topological polar surface area (TPSA) is 20.0 Å². The predicted octanol–water partition coefficient (Wildman–Crippen LogP) is 4.30. The molecule has 2 aliphatic rings. The number of fused-ring (bicyclic) bond motifs is 3. The molecule has 0 bridgehead atoms. The van der Waals surface area contributed by atoms with Crippen molar-refractivity contribution in [1.82, 2.24) is 5.01 Å². The molecule has 1 aliphatic carbocycles. The largest absolute Gasteiger partial charge is 0.322 e. The van der Waals surface area contributed by atoms with Crippen molar-refractivity contribution in [3.63, 3.8) is 0 Å². The summed E-state index contributed by atoms with van der Waals surface area (Å²) in [6.07, 6.45) is 1.87.